The summed E-state index contributed by atoms with van der Waals surface area (Å²) >= 11 is 0. The van der Waals surface area contributed by atoms with Crippen molar-refractivity contribution in [3.05, 3.63) is 30.1 Å². The Morgan fingerprint density at radius 2 is 2.33 bits per heavy atom. The number of carbonyl (C=O) groups excluding carboxylic acids is 1. The van der Waals surface area contributed by atoms with Crippen molar-refractivity contribution in [1.82, 2.24) is 9.88 Å². The number of amides is 1. The first-order valence-corrected chi connectivity index (χ1v) is 5.14. The normalized spacial score (nSPS) is 18.4. The van der Waals surface area contributed by atoms with E-state index < -0.39 is 0 Å². The maximum atomic E-state index is 11.8. The van der Waals surface area contributed by atoms with Gasteiger partial charge in [0.1, 0.15) is 5.69 Å². The Hall–Kier alpha value is -1.42. The SMILES string of the molecule is CCC1(N)CN(C(=O)c2ccccn2)C1. The van der Waals surface area contributed by atoms with Crippen molar-refractivity contribution in [3.63, 3.8) is 0 Å². The van der Waals surface area contributed by atoms with Gasteiger partial charge < -0.3 is 10.6 Å². The van der Waals surface area contributed by atoms with Crippen molar-refractivity contribution < 1.29 is 4.79 Å². The third-order valence-corrected chi connectivity index (χ3v) is 2.89. The second kappa shape index (κ2) is 3.62. The molecule has 1 aromatic heterocycles. The van der Waals surface area contributed by atoms with Gasteiger partial charge in [-0.3, -0.25) is 9.78 Å². The van der Waals surface area contributed by atoms with Crippen molar-refractivity contribution in [2.24, 2.45) is 5.73 Å². The maximum absolute atomic E-state index is 11.8. The van der Waals surface area contributed by atoms with Gasteiger partial charge >= 0.3 is 0 Å². The molecule has 15 heavy (non-hydrogen) atoms. The van der Waals surface area contributed by atoms with E-state index in [1.165, 1.54) is 0 Å². The largest absolute Gasteiger partial charge is 0.333 e. The van der Waals surface area contributed by atoms with Gasteiger partial charge in [-0.15, -0.1) is 0 Å². The lowest BCUT2D eigenvalue weighted by Gasteiger charge is -2.47. The molecule has 80 valence electrons. The molecule has 0 bridgehead atoms. The molecule has 1 saturated heterocycles. The molecule has 0 atom stereocenters. The van der Waals surface area contributed by atoms with E-state index >= 15 is 0 Å². The van der Waals surface area contributed by atoms with Crippen molar-refractivity contribution in [1.29, 1.82) is 0 Å². The first-order chi connectivity index (χ1) is 7.14. The molecule has 1 aliphatic heterocycles. The van der Waals surface area contributed by atoms with Crippen LogP contribution >= 0.6 is 0 Å². The molecule has 0 spiro atoms. The zero-order valence-corrected chi connectivity index (χ0v) is 8.81. The van der Waals surface area contributed by atoms with E-state index in [0.29, 0.717) is 18.8 Å². The lowest BCUT2D eigenvalue weighted by Crippen LogP contribution is -2.68. The Labute approximate surface area is 89.1 Å². The smallest absolute Gasteiger partial charge is 0.272 e. The van der Waals surface area contributed by atoms with Crippen LogP contribution in [0.25, 0.3) is 0 Å². The standard InChI is InChI=1S/C11H15N3O/c1-2-11(12)7-14(8-11)10(15)9-5-3-4-6-13-9/h3-6H,2,7-8,12H2,1H3. The molecule has 1 aromatic rings. The van der Waals surface area contributed by atoms with Crippen LogP contribution in [0.4, 0.5) is 0 Å². The van der Waals surface area contributed by atoms with Crippen molar-refractivity contribution >= 4 is 5.91 Å². The van der Waals surface area contributed by atoms with E-state index in [4.69, 9.17) is 5.73 Å². The van der Waals surface area contributed by atoms with Gasteiger partial charge in [0.25, 0.3) is 5.91 Å². The first-order valence-electron chi connectivity index (χ1n) is 5.14. The minimum absolute atomic E-state index is 0.0230. The highest BCUT2D eigenvalue weighted by Crippen LogP contribution is 2.22. The Kier molecular flexibility index (Phi) is 2.44. The molecule has 0 aromatic carbocycles. The highest BCUT2D eigenvalue weighted by atomic mass is 16.2. The molecule has 1 aliphatic rings. The highest BCUT2D eigenvalue weighted by molar-refractivity contribution is 5.93. The van der Waals surface area contributed by atoms with Crippen LogP contribution in [0, 0.1) is 0 Å². The van der Waals surface area contributed by atoms with Crippen LogP contribution in [0.3, 0.4) is 0 Å². The molecule has 0 saturated carbocycles. The number of likely N-dealkylation sites (tertiary alicyclic amines) is 1. The van der Waals surface area contributed by atoms with E-state index in [2.05, 4.69) is 4.98 Å². The molecule has 4 heteroatoms. The van der Waals surface area contributed by atoms with Crippen molar-refractivity contribution in [2.45, 2.75) is 18.9 Å². The van der Waals surface area contributed by atoms with E-state index in [0.717, 1.165) is 6.42 Å². The molecule has 2 N–H and O–H groups in total. The van der Waals surface area contributed by atoms with Gasteiger partial charge in [0.15, 0.2) is 0 Å². The lowest BCUT2D eigenvalue weighted by molar-refractivity contribution is 0.0395. The Bertz CT molecular complexity index is 357. The maximum Gasteiger partial charge on any atom is 0.272 e. The van der Waals surface area contributed by atoms with Crippen LogP contribution in [0.5, 0.6) is 0 Å². The summed E-state index contributed by atoms with van der Waals surface area (Å²) in [7, 11) is 0. The molecule has 0 aliphatic carbocycles. The van der Waals surface area contributed by atoms with Gasteiger partial charge in [-0.05, 0) is 18.6 Å². The summed E-state index contributed by atoms with van der Waals surface area (Å²) in [6.07, 6.45) is 2.53. The number of hydrogen-bond donors (Lipinski definition) is 1. The fraction of sp³-hybridized carbons (Fsp3) is 0.455. The van der Waals surface area contributed by atoms with Crippen LogP contribution < -0.4 is 5.73 Å². The lowest BCUT2D eigenvalue weighted by atomic mass is 9.88. The topological polar surface area (TPSA) is 59.2 Å². The number of hydrogen-bond acceptors (Lipinski definition) is 3. The summed E-state index contributed by atoms with van der Waals surface area (Å²) in [6.45, 7) is 3.32. The van der Waals surface area contributed by atoms with Crippen LogP contribution in [0.2, 0.25) is 0 Å². The van der Waals surface area contributed by atoms with Crippen LogP contribution in [0.1, 0.15) is 23.8 Å². The van der Waals surface area contributed by atoms with Crippen LogP contribution in [-0.2, 0) is 0 Å². The highest BCUT2D eigenvalue weighted by Gasteiger charge is 2.40. The molecule has 0 radical (unpaired) electrons. The number of nitrogens with two attached hydrogens (primary N) is 1. The third kappa shape index (κ3) is 1.85. The monoisotopic (exact) mass is 205 g/mol. The molecular formula is C11H15N3O. The molecule has 2 heterocycles. The van der Waals surface area contributed by atoms with E-state index in [9.17, 15) is 4.79 Å². The van der Waals surface area contributed by atoms with Gasteiger partial charge in [-0.1, -0.05) is 13.0 Å². The second-order valence-electron chi connectivity index (χ2n) is 4.09. The first kappa shape index (κ1) is 10.1. The number of aromatic nitrogens is 1. The Morgan fingerprint density at radius 3 is 2.87 bits per heavy atom. The molecule has 0 unspecified atom stereocenters. The zero-order valence-electron chi connectivity index (χ0n) is 8.81. The number of pyridine rings is 1. The fourth-order valence-electron chi connectivity index (χ4n) is 1.73. The summed E-state index contributed by atoms with van der Waals surface area (Å²) in [4.78, 5) is 17.6. The summed E-state index contributed by atoms with van der Waals surface area (Å²) < 4.78 is 0. The number of rotatable bonds is 2. The molecule has 1 amide bonds. The van der Waals surface area contributed by atoms with Crippen molar-refractivity contribution in [3.8, 4) is 0 Å². The zero-order chi connectivity index (χ0) is 10.9. The molecule has 2 rings (SSSR count). The van der Waals surface area contributed by atoms with Gasteiger partial charge in [0, 0.05) is 19.3 Å². The van der Waals surface area contributed by atoms with E-state index in [-0.39, 0.29) is 11.4 Å². The number of carbonyl (C=O) groups is 1. The second-order valence-corrected chi connectivity index (χ2v) is 4.09. The van der Waals surface area contributed by atoms with Crippen LogP contribution in [-0.4, -0.2) is 34.4 Å². The fourth-order valence-corrected chi connectivity index (χ4v) is 1.73. The molecule has 4 nitrogen and oxygen atoms in total. The minimum Gasteiger partial charge on any atom is -0.333 e. The van der Waals surface area contributed by atoms with Crippen LogP contribution in [0.15, 0.2) is 24.4 Å². The van der Waals surface area contributed by atoms with E-state index in [1.54, 1.807) is 23.2 Å². The van der Waals surface area contributed by atoms with E-state index in [1.807, 2.05) is 13.0 Å². The molecule has 1 fully saturated rings. The van der Waals surface area contributed by atoms with Gasteiger partial charge in [0.2, 0.25) is 0 Å². The summed E-state index contributed by atoms with van der Waals surface area (Å²) in [6, 6.07) is 5.34. The quantitative estimate of drug-likeness (QED) is 0.771. The summed E-state index contributed by atoms with van der Waals surface area (Å²) in [5.41, 5.74) is 6.31. The summed E-state index contributed by atoms with van der Waals surface area (Å²) in [5, 5.41) is 0. The van der Waals surface area contributed by atoms with Gasteiger partial charge in [0.05, 0.1) is 5.54 Å². The predicted molar refractivity (Wildman–Crippen MR) is 57.3 cm³/mol. The summed E-state index contributed by atoms with van der Waals surface area (Å²) in [5.74, 6) is -0.0230. The Balaban J connectivity index is 2.01. The average Bonchev–Trinajstić information content (AvgIpc) is 2.25. The minimum atomic E-state index is -0.176. The van der Waals surface area contributed by atoms with Gasteiger partial charge in [-0.25, -0.2) is 0 Å². The number of nitrogens with zero attached hydrogens (tertiary/aromatic N) is 2. The third-order valence-electron chi connectivity index (χ3n) is 2.89. The predicted octanol–water partition coefficient (Wildman–Crippen LogP) is 0.645. The average molecular weight is 205 g/mol. The van der Waals surface area contributed by atoms with Gasteiger partial charge in [-0.2, -0.15) is 0 Å². The molecular weight excluding hydrogens is 190 g/mol. The Morgan fingerprint density at radius 1 is 1.60 bits per heavy atom. The van der Waals surface area contributed by atoms with Crippen molar-refractivity contribution in [2.75, 3.05) is 13.1 Å².